The van der Waals surface area contributed by atoms with Crippen LogP contribution in [0, 0.1) is 0 Å². The summed E-state index contributed by atoms with van der Waals surface area (Å²) in [5.74, 6) is 0. The highest BCUT2D eigenvalue weighted by atomic mass is 28.2. The van der Waals surface area contributed by atoms with E-state index >= 15 is 0 Å². The summed E-state index contributed by atoms with van der Waals surface area (Å²) < 4.78 is 9.64. The molecule has 0 aromatic rings. The fraction of sp³-hybridized carbons (Fsp3) is 1.00. The molecule has 8 heavy (non-hydrogen) atoms. The average molecular weight is 136 g/mol. The Morgan fingerprint density at radius 1 is 1.00 bits per heavy atom. The second-order valence-electron chi connectivity index (χ2n) is 1.71. The molecule has 0 aromatic heterocycles. The van der Waals surface area contributed by atoms with Crippen molar-refractivity contribution >= 4 is 10.6 Å². The summed E-state index contributed by atoms with van der Waals surface area (Å²) in [6, 6.07) is 0. The van der Waals surface area contributed by atoms with E-state index in [9.17, 15) is 4.11 Å². The van der Waals surface area contributed by atoms with E-state index in [4.69, 9.17) is 0 Å². The van der Waals surface area contributed by atoms with E-state index in [2.05, 4.69) is 13.8 Å². The first-order chi connectivity index (χ1) is 3.91. The average Bonchev–Trinajstić information content (AvgIpc) is 1.88. The normalized spacial score (nSPS) is 7.88. The van der Waals surface area contributed by atoms with Gasteiger partial charge >= 0.3 is 0 Å². The number of rotatable bonds is 3. The number of halogens is 1. The highest BCUT2D eigenvalue weighted by Gasteiger charge is 1.75. The van der Waals surface area contributed by atoms with E-state index in [-0.39, 0.29) is 10.6 Å². The van der Waals surface area contributed by atoms with Crippen molar-refractivity contribution in [2.45, 2.75) is 39.5 Å². The van der Waals surface area contributed by atoms with Crippen LogP contribution in [0.2, 0.25) is 0 Å². The monoisotopic (exact) mass is 136 g/mol. The molecular formula is C6H17FSi. The van der Waals surface area contributed by atoms with Gasteiger partial charge in [-0.3, -0.25) is 0 Å². The molecule has 0 spiro atoms. The lowest BCUT2D eigenvalue weighted by molar-refractivity contribution is 0.702. The van der Waals surface area contributed by atoms with E-state index in [0.29, 0.717) is 0 Å². The number of hydrogen-bond donors (Lipinski definition) is 0. The summed E-state index contributed by atoms with van der Waals surface area (Å²) in [5, 5.41) is 0. The first kappa shape index (κ1) is 11.0. The zero-order valence-corrected chi connectivity index (χ0v) is 8.21. The minimum atomic E-state index is -0.194. The van der Waals surface area contributed by atoms with Crippen molar-refractivity contribution in [3.63, 3.8) is 0 Å². The Morgan fingerprint density at radius 3 is 1.38 bits per heavy atom. The van der Waals surface area contributed by atoms with Crippen LogP contribution in [-0.2, 0) is 0 Å². The highest BCUT2D eigenvalue weighted by Crippen LogP contribution is 1.95. The van der Waals surface area contributed by atoms with E-state index < -0.39 is 0 Å². The number of hydrogen-bond acceptors (Lipinski definition) is 0. The second-order valence-corrected chi connectivity index (χ2v) is 1.71. The van der Waals surface area contributed by atoms with Gasteiger partial charge in [0.25, 0.3) is 0 Å². The van der Waals surface area contributed by atoms with Gasteiger partial charge in [-0.25, -0.2) is 0 Å². The molecule has 0 saturated carbocycles. The molecule has 0 amide bonds. The van der Waals surface area contributed by atoms with Crippen molar-refractivity contribution in [3.8, 4) is 0 Å². The van der Waals surface area contributed by atoms with Crippen molar-refractivity contribution in [3.05, 3.63) is 0 Å². The van der Waals surface area contributed by atoms with Crippen LogP contribution in [0.5, 0.6) is 0 Å². The minimum absolute atomic E-state index is 0.194. The molecule has 0 unspecified atom stereocenters. The molecule has 0 saturated heterocycles. The Morgan fingerprint density at radius 2 is 1.25 bits per heavy atom. The standard InChI is InChI=1S/C6H14.FH3Si/c1-3-5-6-4-2;1-2/h3-6H2,1-2H3;2H3. The summed E-state index contributed by atoms with van der Waals surface area (Å²) in [7, 11) is -0.194. The predicted octanol–water partition coefficient (Wildman–Crippen LogP) is 1.82. The molecule has 0 aromatic carbocycles. The van der Waals surface area contributed by atoms with Crippen molar-refractivity contribution < 1.29 is 4.11 Å². The summed E-state index contributed by atoms with van der Waals surface area (Å²) in [6.07, 6.45) is 5.54. The van der Waals surface area contributed by atoms with Gasteiger partial charge in [0.15, 0.2) is 0 Å². The lowest BCUT2D eigenvalue weighted by Gasteiger charge is -1.86. The molecule has 2 heteroatoms. The van der Waals surface area contributed by atoms with Gasteiger partial charge in [-0.15, -0.1) is 0 Å². The van der Waals surface area contributed by atoms with Crippen LogP contribution in [0.4, 0.5) is 4.11 Å². The van der Waals surface area contributed by atoms with Crippen LogP contribution >= 0.6 is 0 Å². The Hall–Kier alpha value is 0.147. The van der Waals surface area contributed by atoms with Crippen molar-refractivity contribution in [2.75, 3.05) is 0 Å². The third kappa shape index (κ3) is 16.4. The van der Waals surface area contributed by atoms with Gasteiger partial charge in [-0.2, -0.15) is 0 Å². The van der Waals surface area contributed by atoms with Crippen LogP contribution in [-0.4, -0.2) is 10.6 Å². The molecular weight excluding hydrogens is 119 g/mol. The zero-order chi connectivity index (χ0) is 6.83. The van der Waals surface area contributed by atoms with Crippen LogP contribution in [0.3, 0.4) is 0 Å². The van der Waals surface area contributed by atoms with Gasteiger partial charge < -0.3 is 4.11 Å². The quantitative estimate of drug-likeness (QED) is 0.315. The molecule has 0 aliphatic heterocycles. The maximum atomic E-state index is 9.64. The Labute approximate surface area is 55.1 Å². The second kappa shape index (κ2) is 15.7. The molecule has 0 atom stereocenters. The van der Waals surface area contributed by atoms with E-state index in [1.165, 1.54) is 25.7 Å². The lowest BCUT2D eigenvalue weighted by Crippen LogP contribution is -1.66. The van der Waals surface area contributed by atoms with Gasteiger partial charge in [-0.05, 0) is 0 Å². The van der Waals surface area contributed by atoms with Gasteiger partial charge in [-0.1, -0.05) is 39.5 Å². The molecule has 52 valence electrons. The Bertz CT molecular complexity index is 20.5. The molecule has 0 radical (unpaired) electrons. The van der Waals surface area contributed by atoms with Crippen molar-refractivity contribution in [1.29, 1.82) is 0 Å². The molecule has 0 fully saturated rings. The zero-order valence-electron chi connectivity index (χ0n) is 6.21. The molecule has 0 aliphatic rings. The SMILES string of the molecule is CCCCCC.F[SiH3]. The van der Waals surface area contributed by atoms with E-state index in [1.54, 1.807) is 0 Å². The lowest BCUT2D eigenvalue weighted by atomic mass is 10.2. The predicted molar refractivity (Wildman–Crippen MR) is 40.9 cm³/mol. The number of unbranched alkanes of at least 4 members (excludes halogenated alkanes) is 3. The fourth-order valence-electron chi connectivity index (χ4n) is 0.500. The maximum absolute atomic E-state index is 9.64. The summed E-state index contributed by atoms with van der Waals surface area (Å²) in [5.41, 5.74) is 0. The highest BCUT2D eigenvalue weighted by molar-refractivity contribution is 5.96. The molecule has 0 N–H and O–H groups in total. The maximum Gasteiger partial charge on any atom is 0.201 e. The largest absolute Gasteiger partial charge is 0.327 e. The Kier molecular flexibility index (Phi) is 21.6. The minimum Gasteiger partial charge on any atom is -0.327 e. The van der Waals surface area contributed by atoms with Crippen LogP contribution < -0.4 is 0 Å². The van der Waals surface area contributed by atoms with Gasteiger partial charge in [0.1, 0.15) is 0 Å². The van der Waals surface area contributed by atoms with Gasteiger partial charge in [0.2, 0.25) is 10.6 Å². The topological polar surface area (TPSA) is 0 Å². The molecule has 0 bridgehead atoms. The van der Waals surface area contributed by atoms with Crippen LogP contribution in [0.15, 0.2) is 0 Å². The fourth-order valence-corrected chi connectivity index (χ4v) is 0.500. The van der Waals surface area contributed by atoms with Gasteiger partial charge in [0.05, 0.1) is 0 Å². The molecule has 0 rings (SSSR count). The van der Waals surface area contributed by atoms with Crippen molar-refractivity contribution in [2.24, 2.45) is 0 Å². The van der Waals surface area contributed by atoms with E-state index in [0.717, 1.165) is 0 Å². The van der Waals surface area contributed by atoms with E-state index in [1.807, 2.05) is 0 Å². The Balaban J connectivity index is 0. The smallest absolute Gasteiger partial charge is 0.201 e. The first-order valence-corrected chi connectivity index (χ1v) is 4.05. The van der Waals surface area contributed by atoms with Crippen molar-refractivity contribution in [1.82, 2.24) is 0 Å². The summed E-state index contributed by atoms with van der Waals surface area (Å²) >= 11 is 0. The molecule has 0 aliphatic carbocycles. The van der Waals surface area contributed by atoms with Crippen LogP contribution in [0.1, 0.15) is 39.5 Å². The summed E-state index contributed by atoms with van der Waals surface area (Å²) in [6.45, 7) is 4.46. The molecule has 0 nitrogen and oxygen atoms in total. The summed E-state index contributed by atoms with van der Waals surface area (Å²) in [4.78, 5) is 0. The first-order valence-electron chi connectivity index (χ1n) is 3.29. The van der Waals surface area contributed by atoms with Gasteiger partial charge in [0, 0.05) is 0 Å². The third-order valence-electron chi connectivity index (χ3n) is 0.957. The molecule has 0 heterocycles. The third-order valence-corrected chi connectivity index (χ3v) is 0.957. The van der Waals surface area contributed by atoms with Crippen LogP contribution in [0.25, 0.3) is 0 Å².